The molecule has 2 aromatic carbocycles. The molecule has 0 unspecified atom stereocenters. The van der Waals surface area contributed by atoms with E-state index in [1.807, 2.05) is 36.4 Å². The largest absolute Gasteiger partial charge is 0.495 e. The second kappa shape index (κ2) is 8.41. The molecular formula is C18H24N2O2. The van der Waals surface area contributed by atoms with E-state index in [0.29, 0.717) is 18.0 Å². The van der Waals surface area contributed by atoms with E-state index in [-0.39, 0.29) is 6.61 Å². The molecule has 0 heterocycles. The summed E-state index contributed by atoms with van der Waals surface area (Å²) in [6.07, 6.45) is 0.890. The van der Waals surface area contributed by atoms with Crippen LogP contribution in [0, 0.1) is 0 Å². The summed E-state index contributed by atoms with van der Waals surface area (Å²) in [4.78, 5) is 2.25. The minimum absolute atomic E-state index is 0.164. The number of rotatable bonds is 8. The molecule has 0 aliphatic rings. The third kappa shape index (κ3) is 4.76. The smallest absolute Gasteiger partial charge is 0.141 e. The molecule has 0 fully saturated rings. The number of aliphatic hydroxyl groups excluding tert-OH is 1. The van der Waals surface area contributed by atoms with Crippen molar-refractivity contribution < 1.29 is 9.84 Å². The Morgan fingerprint density at radius 2 is 1.82 bits per heavy atom. The van der Waals surface area contributed by atoms with E-state index in [0.717, 1.165) is 19.5 Å². The van der Waals surface area contributed by atoms with Crippen molar-refractivity contribution in [3.8, 4) is 5.75 Å². The SMILES string of the molecule is COc1ccc(CCN(CCO)Cc2ccccc2)cc1N. The van der Waals surface area contributed by atoms with Crippen molar-refractivity contribution in [1.29, 1.82) is 0 Å². The lowest BCUT2D eigenvalue weighted by molar-refractivity contribution is 0.191. The van der Waals surface area contributed by atoms with Gasteiger partial charge in [-0.2, -0.15) is 0 Å². The first-order valence-corrected chi connectivity index (χ1v) is 7.52. The van der Waals surface area contributed by atoms with Crippen LogP contribution in [-0.4, -0.2) is 36.8 Å². The Morgan fingerprint density at radius 1 is 1.05 bits per heavy atom. The number of hydrogen-bond donors (Lipinski definition) is 2. The van der Waals surface area contributed by atoms with E-state index in [9.17, 15) is 5.11 Å². The molecule has 0 aromatic heterocycles. The molecule has 2 rings (SSSR count). The zero-order valence-electron chi connectivity index (χ0n) is 13.0. The molecule has 0 saturated carbocycles. The Bertz CT molecular complexity index is 573. The van der Waals surface area contributed by atoms with Crippen molar-refractivity contribution in [3.05, 3.63) is 59.7 Å². The lowest BCUT2D eigenvalue weighted by Gasteiger charge is -2.21. The predicted octanol–water partition coefficient (Wildman–Crippen LogP) is 2.31. The Hall–Kier alpha value is -2.04. The average Bonchev–Trinajstić information content (AvgIpc) is 2.54. The summed E-state index contributed by atoms with van der Waals surface area (Å²) in [5.41, 5.74) is 9.04. The van der Waals surface area contributed by atoms with Gasteiger partial charge >= 0.3 is 0 Å². The fourth-order valence-electron chi connectivity index (χ4n) is 2.48. The van der Waals surface area contributed by atoms with Gasteiger partial charge in [-0.1, -0.05) is 36.4 Å². The van der Waals surface area contributed by atoms with Gasteiger partial charge in [-0.3, -0.25) is 4.90 Å². The summed E-state index contributed by atoms with van der Waals surface area (Å²) in [7, 11) is 1.62. The topological polar surface area (TPSA) is 58.7 Å². The molecule has 0 radical (unpaired) electrons. The van der Waals surface area contributed by atoms with Crippen LogP contribution in [0.5, 0.6) is 5.75 Å². The predicted molar refractivity (Wildman–Crippen MR) is 89.9 cm³/mol. The van der Waals surface area contributed by atoms with Crippen molar-refractivity contribution in [2.45, 2.75) is 13.0 Å². The van der Waals surface area contributed by atoms with Gasteiger partial charge < -0.3 is 15.6 Å². The van der Waals surface area contributed by atoms with Gasteiger partial charge in [-0.25, -0.2) is 0 Å². The molecule has 0 aliphatic carbocycles. The lowest BCUT2D eigenvalue weighted by Crippen LogP contribution is -2.28. The number of methoxy groups -OCH3 is 1. The van der Waals surface area contributed by atoms with Crippen LogP contribution in [0.3, 0.4) is 0 Å². The summed E-state index contributed by atoms with van der Waals surface area (Å²) in [6, 6.07) is 16.2. The standard InChI is InChI=1S/C18H24N2O2/c1-22-18-8-7-15(13-17(18)19)9-10-20(11-12-21)14-16-5-3-2-4-6-16/h2-8,13,21H,9-12,14,19H2,1H3. The van der Waals surface area contributed by atoms with Gasteiger partial charge in [0.1, 0.15) is 5.75 Å². The molecule has 4 nitrogen and oxygen atoms in total. The minimum Gasteiger partial charge on any atom is -0.495 e. The maximum Gasteiger partial charge on any atom is 0.141 e. The fourth-order valence-corrected chi connectivity index (χ4v) is 2.48. The third-order valence-electron chi connectivity index (χ3n) is 3.68. The van der Waals surface area contributed by atoms with Crippen LogP contribution in [0.15, 0.2) is 48.5 Å². The highest BCUT2D eigenvalue weighted by Gasteiger charge is 2.07. The Balaban J connectivity index is 1.95. The van der Waals surface area contributed by atoms with Gasteiger partial charge in [0.05, 0.1) is 19.4 Å². The number of hydrogen-bond acceptors (Lipinski definition) is 4. The minimum atomic E-state index is 0.164. The van der Waals surface area contributed by atoms with Crippen molar-refractivity contribution in [3.63, 3.8) is 0 Å². The van der Waals surface area contributed by atoms with E-state index < -0.39 is 0 Å². The maximum absolute atomic E-state index is 9.25. The Kier molecular flexibility index (Phi) is 6.25. The molecule has 4 heteroatoms. The number of ether oxygens (including phenoxy) is 1. The van der Waals surface area contributed by atoms with Gasteiger partial charge in [0.2, 0.25) is 0 Å². The van der Waals surface area contributed by atoms with Gasteiger partial charge in [0.15, 0.2) is 0 Å². The highest BCUT2D eigenvalue weighted by atomic mass is 16.5. The molecule has 2 aromatic rings. The Morgan fingerprint density at radius 3 is 2.45 bits per heavy atom. The first kappa shape index (κ1) is 16.3. The molecule has 22 heavy (non-hydrogen) atoms. The highest BCUT2D eigenvalue weighted by Crippen LogP contribution is 2.22. The molecule has 3 N–H and O–H groups in total. The molecule has 0 bridgehead atoms. The van der Waals surface area contributed by atoms with E-state index in [2.05, 4.69) is 17.0 Å². The number of anilines is 1. The summed E-state index contributed by atoms with van der Waals surface area (Å²) < 4.78 is 5.17. The maximum atomic E-state index is 9.25. The number of nitrogen functional groups attached to an aromatic ring is 1. The molecule has 0 aliphatic heterocycles. The van der Waals surface area contributed by atoms with Gasteiger partial charge in [-0.15, -0.1) is 0 Å². The van der Waals surface area contributed by atoms with Crippen molar-refractivity contribution in [1.82, 2.24) is 4.90 Å². The Labute approximate surface area is 132 Å². The summed E-state index contributed by atoms with van der Waals surface area (Å²) in [6.45, 7) is 2.55. The number of nitrogens with zero attached hydrogens (tertiary/aromatic N) is 1. The quantitative estimate of drug-likeness (QED) is 0.735. The summed E-state index contributed by atoms with van der Waals surface area (Å²) in [5.74, 6) is 0.709. The van der Waals surface area contributed by atoms with Crippen LogP contribution < -0.4 is 10.5 Å². The summed E-state index contributed by atoms with van der Waals surface area (Å²) in [5, 5.41) is 9.25. The highest BCUT2D eigenvalue weighted by molar-refractivity contribution is 5.54. The van der Waals surface area contributed by atoms with E-state index in [4.69, 9.17) is 10.5 Å². The van der Waals surface area contributed by atoms with Crippen LogP contribution in [0.1, 0.15) is 11.1 Å². The average molecular weight is 300 g/mol. The summed E-state index contributed by atoms with van der Waals surface area (Å²) >= 11 is 0. The molecule has 0 spiro atoms. The van der Waals surface area contributed by atoms with Crippen molar-refractivity contribution in [2.75, 3.05) is 32.5 Å². The second-order valence-corrected chi connectivity index (χ2v) is 5.31. The van der Waals surface area contributed by atoms with Gasteiger partial charge in [0, 0.05) is 19.6 Å². The first-order valence-electron chi connectivity index (χ1n) is 7.52. The van der Waals surface area contributed by atoms with Crippen LogP contribution in [0.2, 0.25) is 0 Å². The van der Waals surface area contributed by atoms with Crippen LogP contribution >= 0.6 is 0 Å². The van der Waals surface area contributed by atoms with Gasteiger partial charge in [0.25, 0.3) is 0 Å². The van der Waals surface area contributed by atoms with E-state index >= 15 is 0 Å². The van der Waals surface area contributed by atoms with Gasteiger partial charge in [-0.05, 0) is 29.7 Å². The second-order valence-electron chi connectivity index (χ2n) is 5.31. The van der Waals surface area contributed by atoms with Crippen LogP contribution in [0.25, 0.3) is 0 Å². The zero-order valence-corrected chi connectivity index (χ0v) is 13.0. The molecule has 0 saturated heterocycles. The molecular weight excluding hydrogens is 276 g/mol. The normalized spacial score (nSPS) is 10.9. The van der Waals surface area contributed by atoms with Crippen molar-refractivity contribution >= 4 is 5.69 Å². The monoisotopic (exact) mass is 300 g/mol. The van der Waals surface area contributed by atoms with Crippen LogP contribution in [-0.2, 0) is 13.0 Å². The lowest BCUT2D eigenvalue weighted by atomic mass is 10.1. The van der Waals surface area contributed by atoms with E-state index in [1.165, 1.54) is 11.1 Å². The fraction of sp³-hybridized carbons (Fsp3) is 0.333. The first-order chi connectivity index (χ1) is 10.7. The van der Waals surface area contributed by atoms with Crippen LogP contribution in [0.4, 0.5) is 5.69 Å². The molecule has 118 valence electrons. The molecule has 0 amide bonds. The van der Waals surface area contributed by atoms with E-state index in [1.54, 1.807) is 7.11 Å². The molecule has 0 atom stereocenters. The third-order valence-corrected chi connectivity index (χ3v) is 3.68. The number of benzene rings is 2. The zero-order chi connectivity index (χ0) is 15.8. The number of aliphatic hydroxyl groups is 1. The number of nitrogens with two attached hydrogens (primary N) is 1. The van der Waals surface area contributed by atoms with Crippen molar-refractivity contribution in [2.24, 2.45) is 0 Å².